The molecule has 7 heteroatoms. The van der Waals surface area contributed by atoms with Crippen LogP contribution in [0.4, 0.5) is 0 Å². The standard InChI is InChI=1S/C6H8N4O3/c1-12-5(11)3-13-10-4(2-7)6(8)9/h3H2,1H3,(H3,8,9). The molecule has 0 aliphatic rings. The number of hydrogen-bond donors (Lipinski definition) is 2. The van der Waals surface area contributed by atoms with Crippen LogP contribution < -0.4 is 5.73 Å². The molecule has 0 aliphatic heterocycles. The van der Waals surface area contributed by atoms with Gasteiger partial charge in [0.15, 0.2) is 5.84 Å². The minimum atomic E-state index is -0.635. The van der Waals surface area contributed by atoms with E-state index < -0.39 is 18.4 Å². The molecule has 7 nitrogen and oxygen atoms in total. The Balaban J connectivity index is 4.04. The third kappa shape index (κ3) is 4.36. The molecule has 0 unspecified atom stereocenters. The molecule has 0 saturated heterocycles. The Bertz CT molecular complexity index is 278. The highest BCUT2D eigenvalue weighted by Gasteiger charge is 2.03. The normalized spacial score (nSPS) is 10.0. The van der Waals surface area contributed by atoms with E-state index in [0.29, 0.717) is 0 Å². The maximum atomic E-state index is 10.5. The highest BCUT2D eigenvalue weighted by Crippen LogP contribution is 1.82. The zero-order chi connectivity index (χ0) is 10.3. The lowest BCUT2D eigenvalue weighted by Gasteiger charge is -1.97. The Labute approximate surface area is 74.2 Å². The van der Waals surface area contributed by atoms with Crippen molar-refractivity contribution in [3.8, 4) is 6.07 Å². The fraction of sp³-hybridized carbons (Fsp3) is 0.333. The Hall–Kier alpha value is -2.10. The molecule has 0 radical (unpaired) electrons. The smallest absolute Gasteiger partial charge is 0.346 e. The van der Waals surface area contributed by atoms with Crippen molar-refractivity contribution in [2.75, 3.05) is 13.7 Å². The molecule has 0 aliphatic carbocycles. The zero-order valence-electron chi connectivity index (χ0n) is 6.90. The number of rotatable bonds is 4. The van der Waals surface area contributed by atoms with Gasteiger partial charge in [0.2, 0.25) is 12.3 Å². The van der Waals surface area contributed by atoms with Crippen LogP contribution >= 0.6 is 0 Å². The van der Waals surface area contributed by atoms with Gasteiger partial charge in [-0.1, -0.05) is 5.16 Å². The predicted octanol–water partition coefficient (Wildman–Crippen LogP) is -1.01. The van der Waals surface area contributed by atoms with Gasteiger partial charge in [0.1, 0.15) is 6.07 Å². The first-order chi connectivity index (χ1) is 6.11. The predicted molar refractivity (Wildman–Crippen MR) is 42.9 cm³/mol. The quantitative estimate of drug-likeness (QED) is 0.251. The summed E-state index contributed by atoms with van der Waals surface area (Å²) in [6, 6.07) is 1.52. The largest absolute Gasteiger partial charge is 0.466 e. The number of methoxy groups -OCH3 is 1. The Morgan fingerprint density at radius 1 is 1.77 bits per heavy atom. The van der Waals surface area contributed by atoms with Gasteiger partial charge in [-0.15, -0.1) is 0 Å². The van der Waals surface area contributed by atoms with Gasteiger partial charge in [-0.25, -0.2) is 4.79 Å². The number of ether oxygens (including phenoxy) is 1. The molecule has 0 fully saturated rings. The number of nitrogens with one attached hydrogen (secondary N) is 1. The molecular formula is C6H8N4O3. The summed E-state index contributed by atoms with van der Waals surface area (Å²) in [5.41, 5.74) is 4.55. The van der Waals surface area contributed by atoms with Crippen LogP contribution in [0, 0.1) is 16.7 Å². The molecular weight excluding hydrogens is 176 g/mol. The summed E-state index contributed by atoms with van der Waals surface area (Å²) in [5, 5.41) is 18.3. The van der Waals surface area contributed by atoms with Crippen LogP contribution in [0.5, 0.6) is 0 Å². The minimum absolute atomic E-state index is 0.385. The van der Waals surface area contributed by atoms with E-state index in [4.69, 9.17) is 16.4 Å². The van der Waals surface area contributed by atoms with Crippen molar-refractivity contribution in [3.63, 3.8) is 0 Å². The second-order valence-electron chi connectivity index (χ2n) is 1.81. The number of nitriles is 1. The molecule has 0 rings (SSSR count). The monoisotopic (exact) mass is 184 g/mol. The Morgan fingerprint density at radius 3 is 2.77 bits per heavy atom. The molecule has 0 atom stereocenters. The van der Waals surface area contributed by atoms with Crippen molar-refractivity contribution in [2.24, 2.45) is 10.9 Å². The summed E-state index contributed by atoms with van der Waals surface area (Å²) in [5.74, 6) is -1.16. The van der Waals surface area contributed by atoms with E-state index in [1.54, 1.807) is 0 Å². The van der Waals surface area contributed by atoms with E-state index >= 15 is 0 Å². The topological polar surface area (TPSA) is 122 Å². The van der Waals surface area contributed by atoms with Gasteiger partial charge in [-0.2, -0.15) is 5.26 Å². The van der Waals surface area contributed by atoms with Gasteiger partial charge < -0.3 is 15.3 Å². The van der Waals surface area contributed by atoms with E-state index in [9.17, 15) is 4.79 Å². The van der Waals surface area contributed by atoms with E-state index in [1.165, 1.54) is 13.2 Å². The van der Waals surface area contributed by atoms with Gasteiger partial charge in [0.25, 0.3) is 0 Å². The van der Waals surface area contributed by atoms with Crippen LogP contribution in [0.1, 0.15) is 0 Å². The molecule has 0 amide bonds. The third-order valence-corrected chi connectivity index (χ3v) is 0.927. The van der Waals surface area contributed by atoms with E-state index in [1.807, 2.05) is 0 Å². The lowest BCUT2D eigenvalue weighted by atomic mass is 10.4. The molecule has 0 spiro atoms. The average molecular weight is 184 g/mol. The van der Waals surface area contributed by atoms with E-state index in [2.05, 4.69) is 14.7 Å². The van der Waals surface area contributed by atoms with Crippen LogP contribution in [-0.2, 0) is 14.4 Å². The lowest BCUT2D eigenvalue weighted by Crippen LogP contribution is -2.21. The van der Waals surface area contributed by atoms with Gasteiger partial charge >= 0.3 is 5.97 Å². The molecule has 70 valence electrons. The number of esters is 1. The van der Waals surface area contributed by atoms with Gasteiger partial charge in [0.05, 0.1) is 7.11 Å². The summed E-state index contributed by atoms with van der Waals surface area (Å²) in [7, 11) is 1.19. The first-order valence-corrected chi connectivity index (χ1v) is 3.13. The SMILES string of the molecule is COC(=O)CON=C(C#N)C(=N)N. The summed E-state index contributed by atoms with van der Waals surface area (Å²) in [6.07, 6.45) is 0. The number of carbonyl (C=O) groups is 1. The summed E-state index contributed by atoms with van der Waals surface area (Å²) in [4.78, 5) is 14.8. The third-order valence-electron chi connectivity index (χ3n) is 0.927. The molecule has 0 aromatic carbocycles. The van der Waals surface area contributed by atoms with Crippen molar-refractivity contribution in [3.05, 3.63) is 0 Å². The maximum Gasteiger partial charge on any atom is 0.346 e. The highest BCUT2D eigenvalue weighted by molar-refractivity contribution is 6.45. The molecule has 0 saturated carbocycles. The number of carbonyl (C=O) groups excluding carboxylic acids is 1. The van der Waals surface area contributed by atoms with Crippen molar-refractivity contribution >= 4 is 17.5 Å². The number of nitrogens with zero attached hydrogens (tertiary/aromatic N) is 2. The highest BCUT2D eigenvalue weighted by atomic mass is 16.6. The van der Waals surface area contributed by atoms with Gasteiger partial charge in [0, 0.05) is 0 Å². The number of oxime groups is 1. The molecule has 13 heavy (non-hydrogen) atoms. The molecule has 0 heterocycles. The molecule has 0 aromatic rings. The number of hydrogen-bond acceptors (Lipinski definition) is 6. The summed E-state index contributed by atoms with van der Waals surface area (Å²) < 4.78 is 4.23. The van der Waals surface area contributed by atoms with Crippen molar-refractivity contribution in [1.29, 1.82) is 10.7 Å². The van der Waals surface area contributed by atoms with Gasteiger partial charge in [-0.05, 0) is 0 Å². The van der Waals surface area contributed by atoms with Crippen LogP contribution in [-0.4, -0.2) is 31.2 Å². The fourth-order valence-electron chi connectivity index (χ4n) is 0.338. The van der Waals surface area contributed by atoms with Crippen molar-refractivity contribution < 1.29 is 14.4 Å². The first kappa shape index (κ1) is 10.9. The van der Waals surface area contributed by atoms with E-state index in [-0.39, 0.29) is 5.71 Å². The maximum absolute atomic E-state index is 10.5. The van der Waals surface area contributed by atoms with Crippen LogP contribution in [0.15, 0.2) is 5.16 Å². The Kier molecular flexibility index (Phi) is 4.64. The minimum Gasteiger partial charge on any atom is -0.466 e. The lowest BCUT2D eigenvalue weighted by molar-refractivity contribution is -0.145. The van der Waals surface area contributed by atoms with Crippen LogP contribution in [0.3, 0.4) is 0 Å². The first-order valence-electron chi connectivity index (χ1n) is 3.13. The second kappa shape index (κ2) is 5.54. The second-order valence-corrected chi connectivity index (χ2v) is 1.81. The summed E-state index contributed by atoms with van der Waals surface area (Å²) in [6.45, 7) is -0.422. The van der Waals surface area contributed by atoms with Crippen molar-refractivity contribution in [2.45, 2.75) is 0 Å². The molecule has 3 N–H and O–H groups in total. The van der Waals surface area contributed by atoms with Gasteiger partial charge in [-0.3, -0.25) is 5.41 Å². The molecule has 0 bridgehead atoms. The summed E-state index contributed by atoms with van der Waals surface area (Å²) >= 11 is 0. The van der Waals surface area contributed by atoms with Crippen LogP contribution in [0.2, 0.25) is 0 Å². The zero-order valence-corrected chi connectivity index (χ0v) is 6.90. The number of amidine groups is 1. The Morgan fingerprint density at radius 2 is 2.38 bits per heavy atom. The molecule has 0 aromatic heterocycles. The van der Waals surface area contributed by atoms with Crippen LogP contribution in [0.25, 0.3) is 0 Å². The number of nitrogens with two attached hydrogens (primary N) is 1. The van der Waals surface area contributed by atoms with E-state index in [0.717, 1.165) is 0 Å². The average Bonchev–Trinajstić information content (AvgIpc) is 2.11. The fourth-order valence-corrected chi connectivity index (χ4v) is 0.338. The van der Waals surface area contributed by atoms with Crippen molar-refractivity contribution in [1.82, 2.24) is 0 Å².